The summed E-state index contributed by atoms with van der Waals surface area (Å²) in [4.78, 5) is 4.37. The van der Waals surface area contributed by atoms with Crippen LogP contribution in [0, 0.1) is 0 Å². The number of aliphatic hydroxyl groups is 1. The standard InChI is InChI=1S/C21H30O6/c1-16(8-6-11-21(2,3)27-23)10-13-26-20-18(24-4)14-17(9-7-12-22)15-19(20)25-5/h6-7,9-11,14-15,22-23H,8,12-13H2,1-5H3. The molecule has 0 aromatic heterocycles. The van der Waals surface area contributed by atoms with Crippen LogP contribution in [-0.2, 0) is 4.89 Å². The monoisotopic (exact) mass is 378 g/mol. The van der Waals surface area contributed by atoms with Gasteiger partial charge < -0.3 is 19.3 Å². The molecule has 0 aliphatic carbocycles. The van der Waals surface area contributed by atoms with Crippen LogP contribution in [0.2, 0.25) is 0 Å². The van der Waals surface area contributed by atoms with Gasteiger partial charge in [0, 0.05) is 0 Å². The molecule has 0 bridgehead atoms. The van der Waals surface area contributed by atoms with Crippen LogP contribution >= 0.6 is 0 Å². The minimum Gasteiger partial charge on any atom is -0.493 e. The molecule has 0 spiro atoms. The van der Waals surface area contributed by atoms with E-state index in [1.54, 1.807) is 46.3 Å². The molecule has 1 aromatic rings. The normalized spacial score (nSPS) is 12.8. The molecule has 27 heavy (non-hydrogen) atoms. The Morgan fingerprint density at radius 1 is 1.11 bits per heavy atom. The Bertz CT molecular complexity index is 648. The predicted molar refractivity (Wildman–Crippen MR) is 106 cm³/mol. The highest BCUT2D eigenvalue weighted by molar-refractivity contribution is 5.62. The first-order valence-electron chi connectivity index (χ1n) is 8.69. The molecule has 1 rings (SSSR count). The van der Waals surface area contributed by atoms with Crippen LogP contribution in [-0.4, -0.2) is 43.4 Å². The highest BCUT2D eigenvalue weighted by atomic mass is 17.1. The van der Waals surface area contributed by atoms with Crippen LogP contribution in [0.5, 0.6) is 17.2 Å². The summed E-state index contributed by atoms with van der Waals surface area (Å²) in [5.74, 6) is 1.63. The zero-order valence-corrected chi connectivity index (χ0v) is 16.7. The van der Waals surface area contributed by atoms with Crippen molar-refractivity contribution in [3.05, 3.63) is 47.6 Å². The lowest BCUT2D eigenvalue weighted by atomic mass is 10.1. The van der Waals surface area contributed by atoms with Gasteiger partial charge in [0.1, 0.15) is 12.2 Å². The lowest BCUT2D eigenvalue weighted by Crippen LogP contribution is -2.18. The second-order valence-corrected chi connectivity index (χ2v) is 6.50. The number of ether oxygens (including phenoxy) is 3. The number of allylic oxidation sites excluding steroid dienone is 2. The van der Waals surface area contributed by atoms with Gasteiger partial charge in [-0.2, -0.15) is 0 Å². The smallest absolute Gasteiger partial charge is 0.203 e. The van der Waals surface area contributed by atoms with E-state index in [0.29, 0.717) is 23.9 Å². The van der Waals surface area contributed by atoms with Crippen molar-refractivity contribution in [3.63, 3.8) is 0 Å². The minimum absolute atomic E-state index is 0.0387. The van der Waals surface area contributed by atoms with Gasteiger partial charge in [0.25, 0.3) is 0 Å². The molecule has 6 heteroatoms. The number of hydrogen-bond acceptors (Lipinski definition) is 6. The Balaban J connectivity index is 2.82. The van der Waals surface area contributed by atoms with Crippen LogP contribution in [0.25, 0.3) is 6.08 Å². The van der Waals surface area contributed by atoms with Gasteiger partial charge in [0.15, 0.2) is 11.5 Å². The van der Waals surface area contributed by atoms with Gasteiger partial charge in [-0.25, -0.2) is 4.89 Å². The number of benzene rings is 1. The third-order valence-electron chi connectivity index (χ3n) is 3.75. The van der Waals surface area contributed by atoms with Crippen molar-refractivity contribution in [2.24, 2.45) is 0 Å². The summed E-state index contributed by atoms with van der Waals surface area (Å²) >= 11 is 0. The largest absolute Gasteiger partial charge is 0.493 e. The van der Waals surface area contributed by atoms with E-state index in [4.69, 9.17) is 24.6 Å². The summed E-state index contributed by atoms with van der Waals surface area (Å²) in [5.41, 5.74) is 1.25. The van der Waals surface area contributed by atoms with E-state index in [0.717, 1.165) is 17.6 Å². The zero-order chi connectivity index (χ0) is 20.3. The first-order valence-corrected chi connectivity index (χ1v) is 8.69. The summed E-state index contributed by atoms with van der Waals surface area (Å²) in [5, 5.41) is 17.7. The van der Waals surface area contributed by atoms with Crippen molar-refractivity contribution in [1.29, 1.82) is 0 Å². The molecule has 0 amide bonds. The lowest BCUT2D eigenvalue weighted by molar-refractivity contribution is -0.297. The van der Waals surface area contributed by atoms with Gasteiger partial charge in [-0.1, -0.05) is 29.9 Å². The van der Waals surface area contributed by atoms with Crippen molar-refractivity contribution in [2.45, 2.75) is 32.8 Å². The molecule has 0 atom stereocenters. The first-order chi connectivity index (χ1) is 12.9. The maximum atomic E-state index is 8.92. The predicted octanol–water partition coefficient (Wildman–Crippen LogP) is 4.25. The molecule has 0 unspecified atom stereocenters. The molecule has 0 aliphatic heterocycles. The molecular formula is C21H30O6. The average Bonchev–Trinajstić information content (AvgIpc) is 2.66. The summed E-state index contributed by atoms with van der Waals surface area (Å²) in [6.45, 7) is 5.85. The van der Waals surface area contributed by atoms with E-state index in [9.17, 15) is 0 Å². The molecule has 6 nitrogen and oxygen atoms in total. The van der Waals surface area contributed by atoms with Crippen LogP contribution in [0.1, 0.15) is 32.8 Å². The van der Waals surface area contributed by atoms with Crippen molar-refractivity contribution in [3.8, 4) is 17.2 Å². The molecule has 150 valence electrons. The SMILES string of the molecule is COc1cc(C=CCO)cc(OC)c1OCC=C(C)CC=CC(C)(C)OO. The first kappa shape index (κ1) is 22.8. The molecule has 0 aliphatic rings. The molecular weight excluding hydrogens is 348 g/mol. The van der Waals surface area contributed by atoms with Crippen molar-refractivity contribution < 1.29 is 29.5 Å². The second kappa shape index (κ2) is 11.4. The Labute approximate surface area is 161 Å². The molecule has 0 saturated heterocycles. The molecule has 0 heterocycles. The number of methoxy groups -OCH3 is 2. The van der Waals surface area contributed by atoms with Gasteiger partial charge >= 0.3 is 0 Å². The summed E-state index contributed by atoms with van der Waals surface area (Å²) in [7, 11) is 3.13. The van der Waals surface area contributed by atoms with Gasteiger partial charge in [-0.05, 0) is 51.0 Å². The number of hydrogen-bond donors (Lipinski definition) is 2. The van der Waals surface area contributed by atoms with Gasteiger partial charge in [-0.3, -0.25) is 5.26 Å². The third kappa shape index (κ3) is 7.86. The van der Waals surface area contributed by atoms with E-state index in [-0.39, 0.29) is 6.61 Å². The van der Waals surface area contributed by atoms with Gasteiger partial charge in [-0.15, -0.1) is 0 Å². The van der Waals surface area contributed by atoms with Crippen molar-refractivity contribution in [2.75, 3.05) is 27.4 Å². The van der Waals surface area contributed by atoms with E-state index in [1.165, 1.54) is 0 Å². The summed E-state index contributed by atoms with van der Waals surface area (Å²) < 4.78 is 16.7. The zero-order valence-electron chi connectivity index (χ0n) is 16.7. The molecule has 0 radical (unpaired) electrons. The molecule has 1 aromatic carbocycles. The van der Waals surface area contributed by atoms with Crippen molar-refractivity contribution in [1.82, 2.24) is 0 Å². The van der Waals surface area contributed by atoms with E-state index in [2.05, 4.69) is 4.89 Å². The van der Waals surface area contributed by atoms with E-state index < -0.39 is 5.60 Å². The summed E-state index contributed by atoms with van der Waals surface area (Å²) in [6.07, 6.45) is 9.84. The van der Waals surface area contributed by atoms with Crippen LogP contribution in [0.15, 0.2) is 42.0 Å². The number of rotatable bonds is 11. The maximum absolute atomic E-state index is 8.92. The quantitative estimate of drug-likeness (QED) is 0.341. The highest BCUT2D eigenvalue weighted by Gasteiger charge is 2.14. The summed E-state index contributed by atoms with van der Waals surface area (Å²) in [6, 6.07) is 3.64. The van der Waals surface area contributed by atoms with Gasteiger partial charge in [0.05, 0.1) is 20.8 Å². The van der Waals surface area contributed by atoms with E-state index >= 15 is 0 Å². The second-order valence-electron chi connectivity index (χ2n) is 6.50. The topological polar surface area (TPSA) is 77.4 Å². The average molecular weight is 378 g/mol. The Hall–Kier alpha value is -2.28. The third-order valence-corrected chi connectivity index (χ3v) is 3.75. The van der Waals surface area contributed by atoms with Crippen LogP contribution < -0.4 is 14.2 Å². The fourth-order valence-corrected chi connectivity index (χ4v) is 2.24. The van der Waals surface area contributed by atoms with Crippen LogP contribution in [0.4, 0.5) is 0 Å². The van der Waals surface area contributed by atoms with Gasteiger partial charge in [0.2, 0.25) is 5.75 Å². The Morgan fingerprint density at radius 2 is 1.74 bits per heavy atom. The number of aliphatic hydroxyl groups excluding tert-OH is 1. The fourth-order valence-electron chi connectivity index (χ4n) is 2.24. The minimum atomic E-state index is -0.705. The fraction of sp³-hybridized carbons (Fsp3) is 0.429. The highest BCUT2D eigenvalue weighted by Crippen LogP contribution is 2.39. The Kier molecular flexibility index (Phi) is 9.64. The molecule has 2 N–H and O–H groups in total. The van der Waals surface area contributed by atoms with Crippen LogP contribution in [0.3, 0.4) is 0 Å². The Morgan fingerprint density at radius 3 is 2.26 bits per heavy atom. The van der Waals surface area contributed by atoms with E-state index in [1.807, 2.05) is 31.2 Å². The maximum Gasteiger partial charge on any atom is 0.203 e. The molecule has 0 saturated carbocycles. The molecule has 0 fully saturated rings. The van der Waals surface area contributed by atoms with Crippen molar-refractivity contribution >= 4 is 6.08 Å². The lowest BCUT2D eigenvalue weighted by Gasteiger charge is -2.15.